The number of carbonyl (C=O) groups is 2. The number of rotatable bonds is 4. The molecule has 0 unspecified atom stereocenters. The Labute approximate surface area is 127 Å². The van der Waals surface area contributed by atoms with Crippen molar-refractivity contribution in [2.45, 2.75) is 13.3 Å². The summed E-state index contributed by atoms with van der Waals surface area (Å²) in [6, 6.07) is 5.00. The van der Waals surface area contributed by atoms with E-state index in [1.807, 2.05) is 0 Å². The van der Waals surface area contributed by atoms with E-state index in [1.54, 1.807) is 18.2 Å². The molecular weight excluding hydrogens is 303 g/mol. The summed E-state index contributed by atoms with van der Waals surface area (Å²) < 4.78 is 4.50. The fourth-order valence-corrected chi connectivity index (χ4v) is 1.97. The summed E-state index contributed by atoms with van der Waals surface area (Å²) in [6.45, 7) is 1.46. The highest BCUT2D eigenvalue weighted by atomic mass is 35.5. The summed E-state index contributed by atoms with van der Waals surface area (Å²) in [5.41, 5.74) is 0.604. The Kier molecular flexibility index (Phi) is 5.98. The number of methoxy groups -OCH3 is 1. The van der Waals surface area contributed by atoms with E-state index >= 15 is 0 Å². The van der Waals surface area contributed by atoms with Gasteiger partial charge in [-0.15, -0.1) is 0 Å². The molecule has 0 N–H and O–H groups in total. The van der Waals surface area contributed by atoms with Crippen LogP contribution in [0.3, 0.4) is 0 Å². The molecule has 0 atom stereocenters. The van der Waals surface area contributed by atoms with Gasteiger partial charge in [0.25, 0.3) is 0 Å². The summed E-state index contributed by atoms with van der Waals surface area (Å²) in [7, 11) is 2.69. The number of likely N-dealkylation sites (N-methyl/N-ethyl adjacent to an activating group) is 1. The number of nitrogens with zero attached hydrogens (tertiary/aromatic N) is 2. The lowest BCUT2D eigenvalue weighted by molar-refractivity contribution is -0.132. The molecule has 0 aromatic heterocycles. The Balaban J connectivity index is 2.84. The van der Waals surface area contributed by atoms with Crippen LogP contribution < -0.4 is 0 Å². The maximum absolute atomic E-state index is 12.0. The van der Waals surface area contributed by atoms with Gasteiger partial charge >= 0.3 is 5.97 Å². The number of carbonyl (C=O) groups excluding carboxylic acids is 2. The molecule has 0 aliphatic heterocycles. The van der Waals surface area contributed by atoms with Crippen molar-refractivity contribution in [3.8, 4) is 0 Å². The lowest BCUT2D eigenvalue weighted by atomic mass is 10.1. The van der Waals surface area contributed by atoms with Crippen molar-refractivity contribution in [2.75, 3.05) is 14.2 Å². The molecule has 0 saturated carbocycles. The quantitative estimate of drug-likeness (QED) is 0.487. The van der Waals surface area contributed by atoms with Gasteiger partial charge in [-0.1, -0.05) is 29.3 Å². The maximum atomic E-state index is 12.0. The first-order valence-corrected chi connectivity index (χ1v) is 6.45. The van der Waals surface area contributed by atoms with Crippen molar-refractivity contribution < 1.29 is 14.3 Å². The molecule has 0 heterocycles. The number of amides is 1. The first-order valence-electron chi connectivity index (χ1n) is 5.69. The van der Waals surface area contributed by atoms with Crippen LogP contribution in [0.5, 0.6) is 0 Å². The van der Waals surface area contributed by atoms with Crippen molar-refractivity contribution in [3.63, 3.8) is 0 Å². The molecule has 108 valence electrons. The Morgan fingerprint density at radius 3 is 2.35 bits per heavy atom. The fourth-order valence-electron chi connectivity index (χ4n) is 1.44. The summed E-state index contributed by atoms with van der Waals surface area (Å²) >= 11 is 12.0. The number of hydrazone groups is 1. The van der Waals surface area contributed by atoms with E-state index in [2.05, 4.69) is 9.84 Å². The second kappa shape index (κ2) is 7.26. The van der Waals surface area contributed by atoms with Crippen molar-refractivity contribution in [1.29, 1.82) is 0 Å². The number of hydrogen-bond acceptors (Lipinski definition) is 4. The van der Waals surface area contributed by atoms with E-state index < -0.39 is 5.97 Å². The van der Waals surface area contributed by atoms with Gasteiger partial charge < -0.3 is 4.74 Å². The maximum Gasteiger partial charge on any atom is 0.353 e. The van der Waals surface area contributed by atoms with Gasteiger partial charge in [0.15, 0.2) is 0 Å². The highest BCUT2D eigenvalue weighted by Gasteiger charge is 2.15. The van der Waals surface area contributed by atoms with Gasteiger partial charge in [-0.05, 0) is 24.6 Å². The van der Waals surface area contributed by atoms with Crippen LogP contribution in [0, 0.1) is 0 Å². The standard InChI is InChI=1S/C13H14Cl2N2O3/c1-8(13(19)20-3)16-17(2)12(18)7-9-10(14)5-4-6-11(9)15/h4-6H,7H2,1-3H3. The molecule has 1 aromatic carbocycles. The smallest absolute Gasteiger partial charge is 0.353 e. The van der Waals surface area contributed by atoms with E-state index in [0.29, 0.717) is 15.6 Å². The molecule has 5 nitrogen and oxygen atoms in total. The topological polar surface area (TPSA) is 59.0 Å². The first-order chi connectivity index (χ1) is 9.36. The third kappa shape index (κ3) is 4.21. The van der Waals surface area contributed by atoms with Gasteiger partial charge in [-0.25, -0.2) is 9.80 Å². The van der Waals surface area contributed by atoms with E-state index in [1.165, 1.54) is 21.1 Å². The second-order valence-corrected chi connectivity index (χ2v) is 4.79. The van der Waals surface area contributed by atoms with Crippen molar-refractivity contribution in [1.82, 2.24) is 5.01 Å². The largest absolute Gasteiger partial charge is 0.464 e. The fraction of sp³-hybridized carbons (Fsp3) is 0.308. The van der Waals surface area contributed by atoms with Gasteiger partial charge in [0.1, 0.15) is 5.71 Å². The SMILES string of the molecule is COC(=O)C(C)=NN(C)C(=O)Cc1c(Cl)cccc1Cl. The molecule has 0 aliphatic rings. The van der Waals surface area contributed by atoms with Gasteiger partial charge in [0.05, 0.1) is 13.5 Å². The zero-order valence-electron chi connectivity index (χ0n) is 11.3. The van der Waals surface area contributed by atoms with Gasteiger partial charge in [-0.2, -0.15) is 5.10 Å². The van der Waals surface area contributed by atoms with Crippen LogP contribution in [-0.4, -0.2) is 36.8 Å². The highest BCUT2D eigenvalue weighted by Crippen LogP contribution is 2.25. The summed E-state index contributed by atoms with van der Waals surface area (Å²) in [6.07, 6.45) is -0.00698. The van der Waals surface area contributed by atoms with Crippen LogP contribution in [0.15, 0.2) is 23.3 Å². The monoisotopic (exact) mass is 316 g/mol. The van der Waals surface area contributed by atoms with Crippen LogP contribution >= 0.6 is 23.2 Å². The number of benzene rings is 1. The highest BCUT2D eigenvalue weighted by molar-refractivity contribution is 6.36. The van der Waals surface area contributed by atoms with Gasteiger partial charge in [-0.3, -0.25) is 4.79 Å². The third-order valence-electron chi connectivity index (χ3n) is 2.53. The Morgan fingerprint density at radius 2 is 1.85 bits per heavy atom. The normalized spacial score (nSPS) is 11.2. The van der Waals surface area contributed by atoms with Crippen LogP contribution in [0.4, 0.5) is 0 Å². The van der Waals surface area contributed by atoms with Crippen LogP contribution in [0.25, 0.3) is 0 Å². The minimum absolute atomic E-state index is 0.00698. The summed E-state index contributed by atoms with van der Waals surface area (Å²) in [4.78, 5) is 23.2. The Morgan fingerprint density at radius 1 is 1.30 bits per heavy atom. The lowest BCUT2D eigenvalue weighted by Gasteiger charge is -2.13. The molecule has 0 fully saturated rings. The minimum atomic E-state index is -0.597. The number of hydrogen-bond donors (Lipinski definition) is 0. The summed E-state index contributed by atoms with van der Waals surface area (Å²) in [5, 5.41) is 5.72. The van der Waals surface area contributed by atoms with Crippen molar-refractivity contribution in [3.05, 3.63) is 33.8 Å². The van der Waals surface area contributed by atoms with Gasteiger partial charge in [0.2, 0.25) is 5.91 Å². The van der Waals surface area contributed by atoms with Crippen molar-refractivity contribution in [2.24, 2.45) is 5.10 Å². The van der Waals surface area contributed by atoms with E-state index in [4.69, 9.17) is 23.2 Å². The Hall–Kier alpha value is -1.59. The molecular formula is C13H14Cl2N2O3. The average molecular weight is 317 g/mol. The molecule has 1 aromatic rings. The van der Waals surface area contributed by atoms with Crippen molar-refractivity contribution >= 4 is 40.8 Å². The predicted molar refractivity (Wildman–Crippen MR) is 78.1 cm³/mol. The van der Waals surface area contributed by atoms with Crippen LogP contribution in [0.2, 0.25) is 10.0 Å². The van der Waals surface area contributed by atoms with Gasteiger partial charge in [0, 0.05) is 17.1 Å². The van der Waals surface area contributed by atoms with E-state index in [9.17, 15) is 9.59 Å². The lowest BCUT2D eigenvalue weighted by Crippen LogP contribution is -2.26. The third-order valence-corrected chi connectivity index (χ3v) is 3.24. The van der Waals surface area contributed by atoms with Crippen LogP contribution in [0.1, 0.15) is 12.5 Å². The number of esters is 1. The minimum Gasteiger partial charge on any atom is -0.464 e. The zero-order chi connectivity index (χ0) is 15.3. The summed E-state index contributed by atoms with van der Waals surface area (Å²) in [5.74, 6) is -0.941. The van der Waals surface area contributed by atoms with E-state index in [-0.39, 0.29) is 18.0 Å². The zero-order valence-corrected chi connectivity index (χ0v) is 12.8. The first kappa shape index (κ1) is 16.5. The molecule has 0 bridgehead atoms. The molecule has 1 rings (SSSR count). The molecule has 0 spiro atoms. The molecule has 20 heavy (non-hydrogen) atoms. The van der Waals surface area contributed by atoms with E-state index in [0.717, 1.165) is 5.01 Å². The molecule has 0 radical (unpaired) electrons. The second-order valence-electron chi connectivity index (χ2n) is 3.97. The number of halogens is 2. The average Bonchev–Trinajstić information content (AvgIpc) is 2.41. The molecule has 7 heteroatoms. The Bertz CT molecular complexity index is 538. The predicted octanol–water partition coefficient (Wildman–Crippen LogP) is 2.54. The molecule has 0 saturated heterocycles. The number of ether oxygens (including phenoxy) is 1. The van der Waals surface area contributed by atoms with Crippen LogP contribution in [-0.2, 0) is 20.7 Å². The molecule has 1 amide bonds. The molecule has 0 aliphatic carbocycles.